The molecule has 10 heteroatoms. The highest BCUT2D eigenvalue weighted by atomic mass is 19.1. The molecule has 9 nitrogen and oxygen atoms in total. The minimum Gasteiger partial charge on any atom is -0.398 e. The van der Waals surface area contributed by atoms with Crippen molar-refractivity contribution in [2.75, 3.05) is 16.4 Å². The maximum absolute atomic E-state index is 14.1. The molecular formula is C29H35FN8O. The maximum Gasteiger partial charge on any atom is 0.269 e. The molecule has 0 fully saturated rings. The Morgan fingerprint density at radius 2 is 2.00 bits per heavy atom. The van der Waals surface area contributed by atoms with E-state index in [1.807, 2.05) is 6.92 Å². The summed E-state index contributed by atoms with van der Waals surface area (Å²) >= 11 is 0. The second-order valence-corrected chi connectivity index (χ2v) is 9.55. The molecule has 1 amide bonds. The molecule has 4 rings (SSSR count). The molecule has 3 aromatic rings. The smallest absolute Gasteiger partial charge is 0.269 e. The number of primary amides is 1. The van der Waals surface area contributed by atoms with Crippen LogP contribution in [-0.4, -0.2) is 27.8 Å². The fourth-order valence-electron chi connectivity index (χ4n) is 3.95. The summed E-state index contributed by atoms with van der Waals surface area (Å²) in [5.41, 5.74) is 16.1. The van der Waals surface area contributed by atoms with Crippen LogP contribution in [0.3, 0.4) is 0 Å². The lowest BCUT2D eigenvalue weighted by Crippen LogP contribution is -2.19. The topological polar surface area (TPSA) is 155 Å². The first-order chi connectivity index (χ1) is 18.6. The van der Waals surface area contributed by atoms with E-state index in [1.165, 1.54) is 37.2 Å². The summed E-state index contributed by atoms with van der Waals surface area (Å²) in [6, 6.07) is 7.66. The minimum atomic E-state index is -0.745. The molecule has 7 N–H and O–H groups in total. The van der Waals surface area contributed by atoms with E-state index < -0.39 is 11.7 Å². The van der Waals surface area contributed by atoms with E-state index in [4.69, 9.17) is 16.9 Å². The number of rotatable bonds is 7. The molecule has 2 heterocycles. The summed E-state index contributed by atoms with van der Waals surface area (Å²) in [6.45, 7) is 10.2. The van der Waals surface area contributed by atoms with E-state index in [-0.39, 0.29) is 11.6 Å². The Balaban J connectivity index is 0.000000771. The van der Waals surface area contributed by atoms with Gasteiger partial charge in [0, 0.05) is 58.4 Å². The van der Waals surface area contributed by atoms with Crippen molar-refractivity contribution < 1.29 is 9.18 Å². The van der Waals surface area contributed by atoms with Crippen LogP contribution in [0.4, 0.5) is 27.3 Å². The zero-order valence-electron chi connectivity index (χ0n) is 22.8. The normalized spacial score (nSPS) is 15.6. The Bertz CT molecular complexity index is 1420. The Hall–Kier alpha value is -4.60. The molecule has 1 aromatic heterocycles. The fraction of sp³-hybridized carbons (Fsp3) is 0.276. The van der Waals surface area contributed by atoms with E-state index in [1.54, 1.807) is 31.3 Å². The second kappa shape index (κ2) is 12.8. The van der Waals surface area contributed by atoms with Crippen molar-refractivity contribution in [1.82, 2.24) is 9.97 Å². The van der Waals surface area contributed by atoms with Crippen molar-refractivity contribution in [2.24, 2.45) is 16.6 Å². The van der Waals surface area contributed by atoms with Gasteiger partial charge in [-0.2, -0.15) is 0 Å². The molecule has 0 saturated heterocycles. The summed E-state index contributed by atoms with van der Waals surface area (Å²) in [7, 11) is 0. The van der Waals surface area contributed by atoms with Gasteiger partial charge in [0.25, 0.3) is 5.91 Å². The largest absolute Gasteiger partial charge is 0.398 e. The molecule has 1 aliphatic heterocycles. The molecule has 39 heavy (non-hydrogen) atoms. The van der Waals surface area contributed by atoms with Gasteiger partial charge in [0.15, 0.2) is 0 Å². The third-order valence-corrected chi connectivity index (χ3v) is 6.38. The quantitative estimate of drug-likeness (QED) is 0.149. The van der Waals surface area contributed by atoms with E-state index in [2.05, 4.69) is 46.4 Å². The van der Waals surface area contributed by atoms with Crippen LogP contribution in [-0.2, 0) is 4.79 Å². The number of fused-ring (bicyclic) bond motifs is 1. The monoisotopic (exact) mass is 530 g/mol. The fourth-order valence-corrected chi connectivity index (χ4v) is 3.95. The lowest BCUT2D eigenvalue weighted by Gasteiger charge is -2.14. The van der Waals surface area contributed by atoms with Gasteiger partial charge in [-0.3, -0.25) is 9.78 Å². The summed E-state index contributed by atoms with van der Waals surface area (Å²) in [5, 5.41) is 14.0. The average Bonchev–Trinajstić information content (AvgIpc) is 3.24. The molecular weight excluding hydrogens is 495 g/mol. The number of nitrogens with zero attached hydrogens (tertiary/aromatic N) is 3. The van der Waals surface area contributed by atoms with Crippen LogP contribution in [0, 0.1) is 17.1 Å². The lowest BCUT2D eigenvalue weighted by atomic mass is 9.94. The molecule has 1 unspecified atom stereocenters. The van der Waals surface area contributed by atoms with Crippen molar-refractivity contribution in [1.29, 1.82) is 5.41 Å². The van der Waals surface area contributed by atoms with Gasteiger partial charge in [-0.15, -0.1) is 0 Å². The number of hydrogen-bond acceptors (Lipinski definition) is 8. The number of nitrogen functional groups attached to an aromatic ring is 1. The van der Waals surface area contributed by atoms with Crippen LogP contribution in [0.1, 0.15) is 63.6 Å². The van der Waals surface area contributed by atoms with Crippen LogP contribution in [0.25, 0.3) is 0 Å². The lowest BCUT2D eigenvalue weighted by molar-refractivity contribution is -0.114. The molecule has 0 bridgehead atoms. The zero-order chi connectivity index (χ0) is 28.7. The SMILES string of the molecule is CC(=N/C(C(N)=O)=C1/Nc2ccc(N)c(C=N)c2C1C)c1cc(F)ccc1Nc1cnccn1.CCC(C)C. The number of halogens is 1. The summed E-state index contributed by atoms with van der Waals surface area (Å²) < 4.78 is 14.1. The number of hydrogen-bond donors (Lipinski definition) is 5. The second-order valence-electron chi connectivity index (χ2n) is 9.55. The zero-order valence-corrected chi connectivity index (χ0v) is 22.8. The number of nitrogens with one attached hydrogen (secondary N) is 3. The first kappa shape index (κ1) is 29.0. The van der Waals surface area contributed by atoms with Gasteiger partial charge in [-0.05, 0) is 48.7 Å². The first-order valence-electron chi connectivity index (χ1n) is 12.7. The van der Waals surface area contributed by atoms with Gasteiger partial charge in [-0.25, -0.2) is 14.4 Å². The van der Waals surface area contributed by atoms with E-state index in [0.717, 1.165) is 17.2 Å². The minimum absolute atomic E-state index is 0.00501. The molecule has 1 atom stereocenters. The van der Waals surface area contributed by atoms with Crippen LogP contribution in [0.2, 0.25) is 0 Å². The highest BCUT2D eigenvalue weighted by Gasteiger charge is 2.31. The highest BCUT2D eigenvalue weighted by Crippen LogP contribution is 2.43. The van der Waals surface area contributed by atoms with Crippen LogP contribution in [0.5, 0.6) is 0 Å². The number of carbonyl (C=O) groups is 1. The van der Waals surface area contributed by atoms with Crippen molar-refractivity contribution in [3.8, 4) is 0 Å². The Morgan fingerprint density at radius 1 is 1.28 bits per heavy atom. The van der Waals surface area contributed by atoms with Gasteiger partial charge < -0.3 is 27.5 Å². The van der Waals surface area contributed by atoms with Gasteiger partial charge in [0.1, 0.15) is 17.3 Å². The Morgan fingerprint density at radius 3 is 2.59 bits per heavy atom. The summed E-state index contributed by atoms with van der Waals surface area (Å²) in [6.07, 6.45) is 7.09. The highest BCUT2D eigenvalue weighted by molar-refractivity contribution is 6.07. The van der Waals surface area contributed by atoms with Crippen LogP contribution in [0.15, 0.2) is 65.3 Å². The van der Waals surface area contributed by atoms with Gasteiger partial charge in [-0.1, -0.05) is 34.1 Å². The van der Waals surface area contributed by atoms with Gasteiger partial charge >= 0.3 is 0 Å². The number of allylic oxidation sites excluding steroid dienone is 1. The predicted octanol–water partition coefficient (Wildman–Crippen LogP) is 5.73. The van der Waals surface area contributed by atoms with Crippen LogP contribution >= 0.6 is 0 Å². The van der Waals surface area contributed by atoms with Crippen LogP contribution < -0.4 is 22.1 Å². The first-order valence-corrected chi connectivity index (χ1v) is 12.7. The average molecular weight is 531 g/mol. The summed E-state index contributed by atoms with van der Waals surface area (Å²) in [5.74, 6) is -0.178. The number of anilines is 4. The molecule has 0 aliphatic carbocycles. The number of amides is 1. The van der Waals surface area contributed by atoms with Crippen molar-refractivity contribution >= 4 is 40.7 Å². The maximum atomic E-state index is 14.1. The molecule has 1 aliphatic rings. The number of aromatic nitrogens is 2. The molecule has 2 aromatic carbocycles. The van der Waals surface area contributed by atoms with Crippen molar-refractivity contribution in [3.63, 3.8) is 0 Å². The third-order valence-electron chi connectivity index (χ3n) is 6.38. The number of carbonyl (C=O) groups excluding carboxylic acids is 1. The van der Waals surface area contributed by atoms with Crippen molar-refractivity contribution in [3.05, 3.63) is 82.8 Å². The van der Waals surface area contributed by atoms with Gasteiger partial charge in [0.05, 0.1) is 11.9 Å². The predicted molar refractivity (Wildman–Crippen MR) is 156 cm³/mol. The number of nitrogens with two attached hydrogens (primary N) is 2. The Labute approximate surface area is 228 Å². The number of benzene rings is 2. The van der Waals surface area contributed by atoms with Gasteiger partial charge in [0.2, 0.25) is 0 Å². The third kappa shape index (κ3) is 6.84. The van der Waals surface area contributed by atoms with Crippen molar-refractivity contribution in [2.45, 2.75) is 47.0 Å². The standard InChI is InChI=1S/C24H23FN8O.C5H12/c1-12-21-16(10-26)17(27)4-6-19(21)33-22(12)23(24(28)34)31-13(2)15-9-14(25)3-5-18(15)32-20-11-29-7-8-30-20;1-4-5(2)3/h3-12,26,33H,27H2,1-2H3,(H2,28,34)(H,30,32);5H,4H2,1-3H3/b23-22+,26-10?,31-13?;. The van der Waals surface area contributed by atoms with E-state index in [0.29, 0.717) is 39.7 Å². The molecule has 204 valence electrons. The number of aliphatic imine (C=N–C) groups is 1. The van der Waals surface area contributed by atoms with E-state index in [9.17, 15) is 9.18 Å². The van der Waals surface area contributed by atoms with E-state index >= 15 is 0 Å². The molecule has 0 radical (unpaired) electrons. The Kier molecular flexibility index (Phi) is 9.48. The molecule has 0 spiro atoms. The molecule has 0 saturated carbocycles. The summed E-state index contributed by atoms with van der Waals surface area (Å²) in [4.78, 5) is 25.2.